The number of halogens is 1. The van der Waals surface area contributed by atoms with Crippen LogP contribution in [0.15, 0.2) is 18.2 Å². The van der Waals surface area contributed by atoms with Crippen molar-refractivity contribution < 1.29 is 9.50 Å². The van der Waals surface area contributed by atoms with E-state index < -0.39 is 0 Å². The molecule has 0 radical (unpaired) electrons. The fraction of sp³-hybridized carbons (Fsp3) is 0.625. The van der Waals surface area contributed by atoms with E-state index in [0.717, 1.165) is 42.7 Å². The molecule has 0 amide bonds. The van der Waals surface area contributed by atoms with E-state index in [0.29, 0.717) is 5.92 Å². The second kappa shape index (κ2) is 5.83. The second-order valence-electron chi connectivity index (χ2n) is 5.69. The van der Waals surface area contributed by atoms with Gasteiger partial charge in [-0.25, -0.2) is 4.39 Å². The van der Waals surface area contributed by atoms with Crippen molar-refractivity contribution in [3.8, 4) is 0 Å². The zero-order chi connectivity index (χ0) is 13.1. The van der Waals surface area contributed by atoms with Crippen molar-refractivity contribution >= 4 is 0 Å². The minimum absolute atomic E-state index is 0.173. The van der Waals surface area contributed by atoms with Gasteiger partial charge in [-0.3, -0.25) is 0 Å². The zero-order valence-corrected chi connectivity index (χ0v) is 11.3. The van der Waals surface area contributed by atoms with Crippen molar-refractivity contribution in [1.29, 1.82) is 0 Å². The van der Waals surface area contributed by atoms with E-state index >= 15 is 0 Å². The largest absolute Gasteiger partial charge is 0.393 e. The molecule has 0 aliphatic heterocycles. The molecular formula is C16H23FO. The van der Waals surface area contributed by atoms with Crippen LogP contribution in [0.1, 0.15) is 43.7 Å². The normalized spacial score (nSPS) is 28.3. The molecule has 1 aromatic carbocycles. The van der Waals surface area contributed by atoms with Gasteiger partial charge in [0, 0.05) is 0 Å². The van der Waals surface area contributed by atoms with Gasteiger partial charge in [0.25, 0.3) is 0 Å². The van der Waals surface area contributed by atoms with Gasteiger partial charge >= 0.3 is 0 Å². The molecule has 18 heavy (non-hydrogen) atoms. The fourth-order valence-electron chi connectivity index (χ4n) is 3.08. The molecule has 0 bridgehead atoms. The Hall–Kier alpha value is -0.890. The average molecular weight is 250 g/mol. The molecule has 2 rings (SSSR count). The summed E-state index contributed by atoms with van der Waals surface area (Å²) in [6, 6.07) is 4.96. The first-order valence-corrected chi connectivity index (χ1v) is 7.03. The molecule has 2 heteroatoms. The third kappa shape index (κ3) is 3.11. The van der Waals surface area contributed by atoms with Crippen LogP contribution >= 0.6 is 0 Å². The molecule has 1 nitrogen and oxygen atoms in total. The van der Waals surface area contributed by atoms with Crippen LogP contribution in [-0.4, -0.2) is 11.2 Å². The summed E-state index contributed by atoms with van der Waals surface area (Å²) in [6.07, 6.45) is 4.89. The highest BCUT2D eigenvalue weighted by Gasteiger charge is 2.28. The molecule has 1 aliphatic carbocycles. The molecule has 0 aromatic heterocycles. The predicted octanol–water partition coefficient (Wildman–Crippen LogP) is 3.86. The minimum atomic E-state index is -0.213. The van der Waals surface area contributed by atoms with E-state index in [4.69, 9.17) is 0 Å². The Morgan fingerprint density at radius 1 is 1.33 bits per heavy atom. The van der Waals surface area contributed by atoms with Crippen molar-refractivity contribution in [3.63, 3.8) is 0 Å². The summed E-state index contributed by atoms with van der Waals surface area (Å²) in [6.45, 7) is 4.23. The molecule has 0 spiro atoms. The van der Waals surface area contributed by atoms with Gasteiger partial charge in [-0.1, -0.05) is 19.4 Å². The molecule has 0 saturated heterocycles. The van der Waals surface area contributed by atoms with Crippen molar-refractivity contribution in [2.75, 3.05) is 0 Å². The number of aliphatic hydroxyl groups is 1. The lowest BCUT2D eigenvalue weighted by Gasteiger charge is -2.33. The van der Waals surface area contributed by atoms with E-state index in [1.807, 2.05) is 13.0 Å². The molecule has 100 valence electrons. The standard InChI is InChI=1S/C16H23FO/c1-3-12-5-7-16(18)14(8-12)9-13-10-15(17)6-4-11(13)2/h4,6,10,12,14,16,18H,3,5,7-9H2,1-2H3. The zero-order valence-electron chi connectivity index (χ0n) is 11.3. The highest BCUT2D eigenvalue weighted by atomic mass is 19.1. The molecule has 1 aliphatic rings. The van der Waals surface area contributed by atoms with Gasteiger partial charge in [-0.15, -0.1) is 0 Å². The van der Waals surface area contributed by atoms with Crippen LogP contribution in [0.2, 0.25) is 0 Å². The molecule has 0 heterocycles. The topological polar surface area (TPSA) is 20.2 Å². The number of rotatable bonds is 3. The monoisotopic (exact) mass is 250 g/mol. The van der Waals surface area contributed by atoms with E-state index in [9.17, 15) is 9.50 Å². The summed E-state index contributed by atoms with van der Waals surface area (Å²) in [5.74, 6) is 0.851. The first-order valence-electron chi connectivity index (χ1n) is 7.03. The maximum atomic E-state index is 13.3. The van der Waals surface area contributed by atoms with Crippen LogP contribution in [0.25, 0.3) is 0 Å². The highest BCUT2D eigenvalue weighted by Crippen LogP contribution is 2.33. The van der Waals surface area contributed by atoms with Crippen LogP contribution in [0.5, 0.6) is 0 Å². The third-order valence-electron chi connectivity index (χ3n) is 4.42. The number of hydrogen-bond donors (Lipinski definition) is 1. The van der Waals surface area contributed by atoms with Crippen molar-refractivity contribution in [1.82, 2.24) is 0 Å². The Kier molecular flexibility index (Phi) is 4.39. The minimum Gasteiger partial charge on any atom is -0.393 e. The fourth-order valence-corrected chi connectivity index (χ4v) is 3.08. The van der Waals surface area contributed by atoms with Crippen LogP contribution in [0.4, 0.5) is 4.39 Å². The maximum absolute atomic E-state index is 13.3. The smallest absolute Gasteiger partial charge is 0.123 e. The summed E-state index contributed by atoms with van der Waals surface area (Å²) in [4.78, 5) is 0. The molecule has 1 fully saturated rings. The Morgan fingerprint density at radius 2 is 2.11 bits per heavy atom. The SMILES string of the molecule is CCC1CCC(O)C(Cc2cc(F)ccc2C)C1. The lowest BCUT2D eigenvalue weighted by atomic mass is 9.75. The number of hydrogen-bond acceptors (Lipinski definition) is 1. The van der Waals surface area contributed by atoms with E-state index in [2.05, 4.69) is 6.92 Å². The lowest BCUT2D eigenvalue weighted by Crippen LogP contribution is -2.30. The Bertz CT molecular complexity index is 402. The quantitative estimate of drug-likeness (QED) is 0.863. The van der Waals surface area contributed by atoms with Gasteiger partial charge in [-0.05, 0) is 67.7 Å². The van der Waals surface area contributed by atoms with Gasteiger partial charge in [0.05, 0.1) is 6.10 Å². The Morgan fingerprint density at radius 3 is 2.83 bits per heavy atom. The molecule has 3 atom stereocenters. The molecule has 1 saturated carbocycles. The lowest BCUT2D eigenvalue weighted by molar-refractivity contribution is 0.0474. The summed E-state index contributed by atoms with van der Waals surface area (Å²) in [7, 11) is 0. The second-order valence-corrected chi connectivity index (χ2v) is 5.69. The summed E-state index contributed by atoms with van der Waals surface area (Å²) in [5, 5.41) is 10.1. The summed E-state index contributed by atoms with van der Waals surface area (Å²) < 4.78 is 13.3. The van der Waals surface area contributed by atoms with Crippen molar-refractivity contribution in [2.45, 2.75) is 52.1 Å². The predicted molar refractivity (Wildman–Crippen MR) is 72.0 cm³/mol. The van der Waals surface area contributed by atoms with Gasteiger partial charge in [0.15, 0.2) is 0 Å². The third-order valence-corrected chi connectivity index (χ3v) is 4.42. The van der Waals surface area contributed by atoms with Crippen LogP contribution < -0.4 is 0 Å². The van der Waals surface area contributed by atoms with E-state index in [1.54, 1.807) is 6.07 Å². The Balaban J connectivity index is 2.09. The number of aryl methyl sites for hydroxylation is 1. The highest BCUT2D eigenvalue weighted by molar-refractivity contribution is 5.27. The van der Waals surface area contributed by atoms with Crippen LogP contribution in [0.3, 0.4) is 0 Å². The van der Waals surface area contributed by atoms with Crippen LogP contribution in [-0.2, 0) is 6.42 Å². The van der Waals surface area contributed by atoms with Gasteiger partial charge in [0.2, 0.25) is 0 Å². The molecule has 3 unspecified atom stereocenters. The van der Waals surface area contributed by atoms with Crippen molar-refractivity contribution in [2.24, 2.45) is 11.8 Å². The number of benzene rings is 1. The Labute approximate surface area is 109 Å². The maximum Gasteiger partial charge on any atom is 0.123 e. The van der Waals surface area contributed by atoms with Crippen LogP contribution in [0, 0.1) is 24.6 Å². The molecule has 1 N–H and O–H groups in total. The average Bonchev–Trinajstić information content (AvgIpc) is 2.36. The van der Waals surface area contributed by atoms with Crippen molar-refractivity contribution in [3.05, 3.63) is 35.1 Å². The van der Waals surface area contributed by atoms with Gasteiger partial charge in [-0.2, -0.15) is 0 Å². The van der Waals surface area contributed by atoms with E-state index in [-0.39, 0.29) is 11.9 Å². The molecule has 1 aromatic rings. The number of aliphatic hydroxyl groups excluding tert-OH is 1. The molecular weight excluding hydrogens is 227 g/mol. The van der Waals surface area contributed by atoms with Gasteiger partial charge in [0.1, 0.15) is 5.82 Å². The van der Waals surface area contributed by atoms with E-state index in [1.165, 1.54) is 12.5 Å². The first-order chi connectivity index (χ1) is 8.60. The first kappa shape index (κ1) is 13.5. The summed E-state index contributed by atoms with van der Waals surface area (Å²) in [5.41, 5.74) is 2.18. The summed E-state index contributed by atoms with van der Waals surface area (Å²) >= 11 is 0. The van der Waals surface area contributed by atoms with Gasteiger partial charge < -0.3 is 5.11 Å².